The summed E-state index contributed by atoms with van der Waals surface area (Å²) >= 11 is 0. The molecule has 0 bridgehead atoms. The second-order valence-electron chi connectivity index (χ2n) is 4.79. The standard InChI is InChI=1S/C14H19NO3/c1-10(2)13(9-16)15(3)8-11-4-6-12(7-5-11)14(17)18/h4-7,9-10,13H,8H2,1-3H3,(H,17,18)/t13-/m1/s1. The quantitative estimate of drug-likeness (QED) is 0.784. The molecule has 0 aliphatic heterocycles. The SMILES string of the molecule is CC(C)[C@@H](C=O)N(C)Cc1ccc(C(=O)O)cc1. The molecule has 1 atom stereocenters. The smallest absolute Gasteiger partial charge is 0.335 e. The van der Waals surface area contributed by atoms with E-state index >= 15 is 0 Å². The number of hydrogen-bond acceptors (Lipinski definition) is 3. The Morgan fingerprint density at radius 1 is 1.33 bits per heavy atom. The third-order valence-corrected chi connectivity index (χ3v) is 2.96. The number of carboxylic acids is 1. The molecule has 98 valence electrons. The van der Waals surface area contributed by atoms with Gasteiger partial charge in [0.05, 0.1) is 11.6 Å². The lowest BCUT2D eigenvalue weighted by Crippen LogP contribution is -2.36. The summed E-state index contributed by atoms with van der Waals surface area (Å²) in [6.07, 6.45) is 0.955. The molecule has 0 aromatic heterocycles. The molecule has 4 nitrogen and oxygen atoms in total. The number of carboxylic acid groups (broad SMARTS) is 1. The van der Waals surface area contributed by atoms with Gasteiger partial charge in [0.15, 0.2) is 0 Å². The zero-order valence-corrected chi connectivity index (χ0v) is 11.0. The van der Waals surface area contributed by atoms with Crippen LogP contribution < -0.4 is 0 Å². The van der Waals surface area contributed by atoms with E-state index < -0.39 is 5.97 Å². The maximum atomic E-state index is 11.0. The molecule has 1 N–H and O–H groups in total. The number of likely N-dealkylation sites (N-methyl/N-ethyl adjacent to an activating group) is 1. The van der Waals surface area contributed by atoms with Gasteiger partial charge in [-0.1, -0.05) is 26.0 Å². The molecule has 4 heteroatoms. The predicted octanol–water partition coefficient (Wildman–Crippen LogP) is 2.04. The fourth-order valence-corrected chi connectivity index (χ4v) is 1.92. The normalized spacial score (nSPS) is 12.7. The summed E-state index contributed by atoms with van der Waals surface area (Å²) in [4.78, 5) is 23.7. The van der Waals surface area contributed by atoms with Crippen molar-refractivity contribution in [3.05, 3.63) is 35.4 Å². The first-order chi connectivity index (χ1) is 8.45. The van der Waals surface area contributed by atoms with Gasteiger partial charge in [0.1, 0.15) is 6.29 Å². The topological polar surface area (TPSA) is 57.6 Å². The van der Waals surface area contributed by atoms with Crippen molar-refractivity contribution in [2.24, 2.45) is 5.92 Å². The lowest BCUT2D eigenvalue weighted by molar-refractivity contribution is -0.113. The summed E-state index contributed by atoms with van der Waals surface area (Å²) in [6.45, 7) is 4.63. The van der Waals surface area contributed by atoms with Crippen molar-refractivity contribution in [1.82, 2.24) is 4.90 Å². The minimum atomic E-state index is -0.928. The maximum absolute atomic E-state index is 11.0. The van der Waals surface area contributed by atoms with Gasteiger partial charge in [-0.15, -0.1) is 0 Å². The second kappa shape index (κ2) is 6.31. The molecule has 1 aromatic rings. The zero-order chi connectivity index (χ0) is 13.7. The number of carbonyl (C=O) groups excluding carboxylic acids is 1. The molecule has 18 heavy (non-hydrogen) atoms. The van der Waals surface area contributed by atoms with Gasteiger partial charge in [-0.2, -0.15) is 0 Å². The summed E-state index contributed by atoms with van der Waals surface area (Å²) in [5, 5.41) is 8.80. The minimum absolute atomic E-state index is 0.121. The second-order valence-corrected chi connectivity index (χ2v) is 4.79. The predicted molar refractivity (Wildman–Crippen MR) is 69.6 cm³/mol. The summed E-state index contributed by atoms with van der Waals surface area (Å²) in [7, 11) is 1.89. The molecule has 0 heterocycles. The van der Waals surface area contributed by atoms with E-state index in [1.165, 1.54) is 0 Å². The van der Waals surface area contributed by atoms with Gasteiger partial charge in [-0.05, 0) is 30.7 Å². The number of hydrogen-bond donors (Lipinski definition) is 1. The largest absolute Gasteiger partial charge is 0.478 e. The van der Waals surface area contributed by atoms with E-state index in [1.807, 2.05) is 25.8 Å². The first-order valence-electron chi connectivity index (χ1n) is 5.93. The number of benzene rings is 1. The first kappa shape index (κ1) is 14.4. The average Bonchev–Trinajstić information content (AvgIpc) is 2.29. The minimum Gasteiger partial charge on any atom is -0.478 e. The fraction of sp³-hybridized carbons (Fsp3) is 0.429. The summed E-state index contributed by atoms with van der Waals surface area (Å²) in [6, 6.07) is 6.60. The average molecular weight is 249 g/mol. The molecule has 0 saturated heterocycles. The molecule has 0 aliphatic carbocycles. The lowest BCUT2D eigenvalue weighted by Gasteiger charge is -2.26. The Labute approximate surface area is 107 Å². The molecule has 0 aliphatic rings. The Morgan fingerprint density at radius 2 is 1.89 bits per heavy atom. The van der Waals surface area contributed by atoms with Gasteiger partial charge in [0.2, 0.25) is 0 Å². The summed E-state index contributed by atoms with van der Waals surface area (Å²) in [5.41, 5.74) is 1.27. The maximum Gasteiger partial charge on any atom is 0.335 e. The van der Waals surface area contributed by atoms with Crippen LogP contribution in [0, 0.1) is 5.92 Å². The van der Waals surface area contributed by atoms with E-state index in [2.05, 4.69) is 0 Å². The van der Waals surface area contributed by atoms with Crippen LogP contribution in [-0.2, 0) is 11.3 Å². The number of aromatic carboxylic acids is 1. The van der Waals surface area contributed by atoms with Crippen molar-refractivity contribution >= 4 is 12.3 Å². The molecule has 1 rings (SSSR count). The van der Waals surface area contributed by atoms with Crippen LogP contribution in [0.4, 0.5) is 0 Å². The van der Waals surface area contributed by atoms with Crippen LogP contribution in [0.5, 0.6) is 0 Å². The Hall–Kier alpha value is -1.68. The molecular weight excluding hydrogens is 230 g/mol. The molecule has 0 amide bonds. The Kier molecular flexibility index (Phi) is 5.04. The molecule has 1 aromatic carbocycles. The molecular formula is C14H19NO3. The first-order valence-corrected chi connectivity index (χ1v) is 5.93. The van der Waals surface area contributed by atoms with Gasteiger partial charge in [0, 0.05) is 6.54 Å². The van der Waals surface area contributed by atoms with Crippen molar-refractivity contribution in [3.8, 4) is 0 Å². The van der Waals surface area contributed by atoms with Crippen LogP contribution >= 0.6 is 0 Å². The van der Waals surface area contributed by atoms with Gasteiger partial charge >= 0.3 is 5.97 Å². The number of aldehydes is 1. The third kappa shape index (κ3) is 3.67. The van der Waals surface area contributed by atoms with Crippen molar-refractivity contribution in [2.45, 2.75) is 26.4 Å². The van der Waals surface area contributed by atoms with E-state index in [-0.39, 0.29) is 17.5 Å². The van der Waals surface area contributed by atoms with Gasteiger partial charge in [0.25, 0.3) is 0 Å². The Bertz CT molecular complexity index is 412. The molecule has 0 spiro atoms. The number of nitrogens with zero attached hydrogens (tertiary/aromatic N) is 1. The van der Waals surface area contributed by atoms with Crippen molar-refractivity contribution < 1.29 is 14.7 Å². The van der Waals surface area contributed by atoms with Crippen LogP contribution in [-0.4, -0.2) is 35.4 Å². The van der Waals surface area contributed by atoms with Crippen LogP contribution in [0.15, 0.2) is 24.3 Å². The number of rotatable bonds is 6. The molecule has 0 fully saturated rings. The highest BCUT2D eigenvalue weighted by atomic mass is 16.4. The fourth-order valence-electron chi connectivity index (χ4n) is 1.92. The summed E-state index contributed by atoms with van der Waals surface area (Å²) in [5.74, 6) is -0.673. The Balaban J connectivity index is 2.72. The number of carbonyl (C=O) groups is 2. The van der Waals surface area contributed by atoms with Crippen LogP contribution in [0.25, 0.3) is 0 Å². The van der Waals surface area contributed by atoms with Crippen molar-refractivity contribution in [2.75, 3.05) is 7.05 Å². The van der Waals surface area contributed by atoms with Crippen molar-refractivity contribution in [3.63, 3.8) is 0 Å². The van der Waals surface area contributed by atoms with Crippen molar-refractivity contribution in [1.29, 1.82) is 0 Å². The lowest BCUT2D eigenvalue weighted by atomic mass is 10.0. The highest BCUT2D eigenvalue weighted by Crippen LogP contribution is 2.12. The van der Waals surface area contributed by atoms with E-state index in [1.54, 1.807) is 24.3 Å². The Morgan fingerprint density at radius 3 is 2.28 bits per heavy atom. The molecule has 0 saturated carbocycles. The molecule has 0 radical (unpaired) electrons. The monoisotopic (exact) mass is 249 g/mol. The van der Waals surface area contributed by atoms with E-state index in [0.717, 1.165) is 11.8 Å². The third-order valence-electron chi connectivity index (χ3n) is 2.96. The zero-order valence-electron chi connectivity index (χ0n) is 11.0. The van der Waals surface area contributed by atoms with E-state index in [0.29, 0.717) is 6.54 Å². The molecule has 0 unspecified atom stereocenters. The van der Waals surface area contributed by atoms with Gasteiger partial charge in [-0.25, -0.2) is 4.79 Å². The van der Waals surface area contributed by atoms with Crippen LogP contribution in [0.1, 0.15) is 29.8 Å². The highest BCUT2D eigenvalue weighted by Gasteiger charge is 2.17. The van der Waals surface area contributed by atoms with Crippen LogP contribution in [0.2, 0.25) is 0 Å². The van der Waals surface area contributed by atoms with Crippen LogP contribution in [0.3, 0.4) is 0 Å². The van der Waals surface area contributed by atoms with E-state index in [9.17, 15) is 9.59 Å². The van der Waals surface area contributed by atoms with Gasteiger partial charge < -0.3 is 9.90 Å². The van der Waals surface area contributed by atoms with Gasteiger partial charge in [-0.3, -0.25) is 4.90 Å². The highest BCUT2D eigenvalue weighted by molar-refractivity contribution is 5.87. The summed E-state index contributed by atoms with van der Waals surface area (Å²) < 4.78 is 0. The van der Waals surface area contributed by atoms with E-state index in [4.69, 9.17) is 5.11 Å².